The Bertz CT molecular complexity index is 921. The fourth-order valence-corrected chi connectivity index (χ4v) is 4.13. The van der Waals surface area contributed by atoms with E-state index in [2.05, 4.69) is 5.32 Å². The highest BCUT2D eigenvalue weighted by atomic mass is 32.2. The molecule has 0 saturated carbocycles. The molecule has 2 atom stereocenters. The largest absolute Gasteiger partial charge is 0.348 e. The molecule has 2 rings (SSSR count). The molecule has 27 heavy (non-hydrogen) atoms. The van der Waals surface area contributed by atoms with Crippen LogP contribution in [0, 0.1) is 20.8 Å². The van der Waals surface area contributed by atoms with Crippen LogP contribution in [0.1, 0.15) is 42.1 Å². The van der Waals surface area contributed by atoms with Gasteiger partial charge in [0.2, 0.25) is 15.9 Å². The maximum Gasteiger partial charge on any atom is 0.244 e. The van der Waals surface area contributed by atoms with Gasteiger partial charge in [0.1, 0.15) is 6.04 Å². The lowest BCUT2D eigenvalue weighted by Crippen LogP contribution is -2.48. The van der Waals surface area contributed by atoms with E-state index < -0.39 is 16.1 Å². The Hall–Kier alpha value is -2.34. The minimum absolute atomic E-state index is 0.223. The van der Waals surface area contributed by atoms with Crippen molar-refractivity contribution in [3.8, 4) is 0 Å². The molecule has 0 heterocycles. The summed E-state index contributed by atoms with van der Waals surface area (Å²) in [5.74, 6) is -0.341. The molecule has 2 aromatic carbocycles. The van der Waals surface area contributed by atoms with Crippen LogP contribution in [0.2, 0.25) is 0 Å². The summed E-state index contributed by atoms with van der Waals surface area (Å²) in [5.41, 5.74) is 4.82. The van der Waals surface area contributed by atoms with Gasteiger partial charge in [-0.05, 0) is 63.4 Å². The highest BCUT2D eigenvalue weighted by molar-refractivity contribution is 7.92. The van der Waals surface area contributed by atoms with E-state index in [0.717, 1.165) is 27.3 Å². The third kappa shape index (κ3) is 5.10. The minimum atomic E-state index is -3.62. The molecular weight excluding hydrogens is 360 g/mol. The fraction of sp³-hybridized carbons (Fsp3) is 0.381. The number of hydrogen-bond donors (Lipinski definition) is 1. The van der Waals surface area contributed by atoms with Crippen molar-refractivity contribution in [3.05, 3.63) is 64.7 Å². The molecule has 0 radical (unpaired) electrons. The van der Waals surface area contributed by atoms with E-state index >= 15 is 0 Å². The molecule has 146 valence electrons. The maximum atomic E-state index is 12.8. The molecule has 0 aliphatic rings. The summed E-state index contributed by atoms with van der Waals surface area (Å²) < 4.78 is 25.9. The van der Waals surface area contributed by atoms with Crippen molar-refractivity contribution in [2.24, 2.45) is 0 Å². The van der Waals surface area contributed by atoms with Crippen LogP contribution in [0.15, 0.2) is 42.5 Å². The van der Waals surface area contributed by atoms with E-state index in [1.165, 1.54) is 5.56 Å². The van der Waals surface area contributed by atoms with Gasteiger partial charge in [-0.3, -0.25) is 9.10 Å². The van der Waals surface area contributed by atoms with Crippen LogP contribution in [0.5, 0.6) is 0 Å². The lowest BCUT2D eigenvalue weighted by molar-refractivity contribution is -0.122. The predicted molar refractivity (Wildman–Crippen MR) is 110 cm³/mol. The summed E-state index contributed by atoms with van der Waals surface area (Å²) >= 11 is 0. The Morgan fingerprint density at radius 1 is 0.963 bits per heavy atom. The summed E-state index contributed by atoms with van der Waals surface area (Å²) in [6.45, 7) is 9.49. The molecule has 0 aliphatic carbocycles. The van der Waals surface area contributed by atoms with Crippen molar-refractivity contribution < 1.29 is 13.2 Å². The summed E-state index contributed by atoms with van der Waals surface area (Å²) in [6.07, 6.45) is 1.11. The average Bonchev–Trinajstić information content (AvgIpc) is 2.57. The van der Waals surface area contributed by atoms with Gasteiger partial charge in [-0.25, -0.2) is 8.42 Å². The van der Waals surface area contributed by atoms with Gasteiger partial charge in [-0.15, -0.1) is 0 Å². The first-order valence-corrected chi connectivity index (χ1v) is 10.8. The van der Waals surface area contributed by atoms with Crippen LogP contribution in [-0.4, -0.2) is 26.6 Å². The van der Waals surface area contributed by atoms with Crippen molar-refractivity contribution in [3.63, 3.8) is 0 Å². The van der Waals surface area contributed by atoms with Crippen LogP contribution in [0.3, 0.4) is 0 Å². The second kappa shape index (κ2) is 8.13. The highest BCUT2D eigenvalue weighted by Gasteiger charge is 2.29. The minimum Gasteiger partial charge on any atom is -0.348 e. The van der Waals surface area contributed by atoms with Gasteiger partial charge < -0.3 is 5.32 Å². The number of carbonyl (C=O) groups is 1. The van der Waals surface area contributed by atoms with Crippen LogP contribution in [0.25, 0.3) is 0 Å². The summed E-state index contributed by atoms with van der Waals surface area (Å²) in [7, 11) is -3.62. The van der Waals surface area contributed by atoms with Crippen molar-refractivity contribution in [2.75, 3.05) is 10.6 Å². The molecule has 1 amide bonds. The van der Waals surface area contributed by atoms with Crippen LogP contribution in [0.4, 0.5) is 5.69 Å². The predicted octanol–water partition coefficient (Wildman–Crippen LogP) is 3.64. The summed E-state index contributed by atoms with van der Waals surface area (Å²) in [6, 6.07) is 12.0. The second-order valence-corrected chi connectivity index (χ2v) is 9.00. The first-order valence-electron chi connectivity index (χ1n) is 8.94. The van der Waals surface area contributed by atoms with E-state index in [4.69, 9.17) is 0 Å². The standard InChI is InChI=1S/C21H28N2O3S/c1-14-7-11-20(12-8-14)23(27(6,25)26)18(5)21(24)22-17(4)19-10-9-15(2)16(3)13-19/h7-13,17-18H,1-6H3,(H,22,24)/t17-,18+/m1/s1. The van der Waals surface area contributed by atoms with Gasteiger partial charge in [0.25, 0.3) is 0 Å². The molecule has 0 aromatic heterocycles. The molecule has 6 heteroatoms. The molecule has 0 spiro atoms. The molecule has 0 bridgehead atoms. The maximum absolute atomic E-state index is 12.8. The number of rotatable bonds is 6. The number of aryl methyl sites for hydroxylation is 3. The molecule has 5 nitrogen and oxygen atoms in total. The monoisotopic (exact) mass is 388 g/mol. The molecule has 1 N–H and O–H groups in total. The van der Waals surface area contributed by atoms with Crippen molar-refractivity contribution in [1.29, 1.82) is 0 Å². The quantitative estimate of drug-likeness (QED) is 0.821. The van der Waals surface area contributed by atoms with Gasteiger partial charge in [-0.2, -0.15) is 0 Å². The van der Waals surface area contributed by atoms with E-state index in [9.17, 15) is 13.2 Å². The molecule has 0 fully saturated rings. The fourth-order valence-electron chi connectivity index (χ4n) is 2.95. The second-order valence-electron chi connectivity index (χ2n) is 7.14. The number of sulfonamides is 1. The van der Waals surface area contributed by atoms with E-state index in [-0.39, 0.29) is 11.9 Å². The van der Waals surface area contributed by atoms with E-state index in [0.29, 0.717) is 5.69 Å². The normalized spacial score (nSPS) is 13.7. The summed E-state index contributed by atoms with van der Waals surface area (Å²) in [4.78, 5) is 12.8. The number of carbonyl (C=O) groups excluding carboxylic acids is 1. The smallest absolute Gasteiger partial charge is 0.244 e. The van der Waals surface area contributed by atoms with Gasteiger partial charge in [0.15, 0.2) is 0 Å². The van der Waals surface area contributed by atoms with Gasteiger partial charge in [0, 0.05) is 0 Å². The lowest BCUT2D eigenvalue weighted by atomic mass is 10.0. The van der Waals surface area contributed by atoms with Crippen LogP contribution in [-0.2, 0) is 14.8 Å². The molecule has 0 unspecified atom stereocenters. The Kier molecular flexibility index (Phi) is 6.31. The van der Waals surface area contributed by atoms with Crippen LogP contribution >= 0.6 is 0 Å². The number of benzene rings is 2. The molecular formula is C21H28N2O3S. The van der Waals surface area contributed by atoms with E-state index in [1.54, 1.807) is 19.1 Å². The molecule has 2 aromatic rings. The number of nitrogens with zero attached hydrogens (tertiary/aromatic N) is 1. The number of amides is 1. The topological polar surface area (TPSA) is 66.5 Å². The first-order chi connectivity index (χ1) is 12.5. The van der Waals surface area contributed by atoms with Crippen LogP contribution < -0.4 is 9.62 Å². The Morgan fingerprint density at radius 3 is 2.07 bits per heavy atom. The number of anilines is 1. The Morgan fingerprint density at radius 2 is 1.56 bits per heavy atom. The van der Waals surface area contributed by atoms with Gasteiger partial charge >= 0.3 is 0 Å². The third-order valence-corrected chi connectivity index (χ3v) is 6.01. The zero-order valence-electron chi connectivity index (χ0n) is 16.8. The number of nitrogens with one attached hydrogen (secondary N) is 1. The van der Waals surface area contributed by atoms with Crippen molar-refractivity contribution in [2.45, 2.75) is 46.7 Å². The Labute approximate surface area is 162 Å². The average molecular weight is 389 g/mol. The molecule has 0 aliphatic heterocycles. The highest BCUT2D eigenvalue weighted by Crippen LogP contribution is 2.22. The zero-order chi connectivity index (χ0) is 20.4. The molecule has 0 saturated heterocycles. The lowest BCUT2D eigenvalue weighted by Gasteiger charge is -2.29. The van der Waals surface area contributed by atoms with Gasteiger partial charge in [0.05, 0.1) is 18.0 Å². The summed E-state index contributed by atoms with van der Waals surface area (Å²) in [5, 5.41) is 2.93. The zero-order valence-corrected chi connectivity index (χ0v) is 17.6. The van der Waals surface area contributed by atoms with Gasteiger partial charge in [-0.1, -0.05) is 35.9 Å². The van der Waals surface area contributed by atoms with E-state index in [1.807, 2.05) is 58.0 Å². The Balaban J connectivity index is 2.24. The SMILES string of the molecule is Cc1ccc(N([C@@H](C)C(=O)N[C@H](C)c2ccc(C)c(C)c2)S(C)(=O)=O)cc1. The first kappa shape index (κ1) is 21.0. The third-order valence-electron chi connectivity index (χ3n) is 4.77. The van der Waals surface area contributed by atoms with Crippen molar-refractivity contribution >= 4 is 21.6 Å². The van der Waals surface area contributed by atoms with Crippen molar-refractivity contribution in [1.82, 2.24) is 5.32 Å². The number of hydrogen-bond acceptors (Lipinski definition) is 3.